The molecule has 1 aromatic heterocycles. The van der Waals surface area contributed by atoms with Crippen LogP contribution in [0.5, 0.6) is 0 Å². The number of benzene rings is 1. The largest absolute Gasteiger partial charge is 0.352 e. The van der Waals surface area contributed by atoms with Crippen LogP contribution in [0.1, 0.15) is 32.6 Å². The molecule has 2 atom stereocenters. The number of thioether (sulfide) groups is 1. The minimum Gasteiger partial charge on any atom is -0.352 e. The lowest BCUT2D eigenvalue weighted by atomic mass is 9.86. The van der Waals surface area contributed by atoms with Crippen LogP contribution in [-0.4, -0.2) is 27.5 Å². The van der Waals surface area contributed by atoms with Gasteiger partial charge >= 0.3 is 0 Å². The number of nitrogens with one attached hydrogen (secondary N) is 1. The highest BCUT2D eigenvalue weighted by molar-refractivity contribution is 8.01. The van der Waals surface area contributed by atoms with Crippen molar-refractivity contribution in [1.29, 1.82) is 0 Å². The lowest BCUT2D eigenvalue weighted by Crippen LogP contribution is -2.41. The van der Waals surface area contributed by atoms with Crippen molar-refractivity contribution in [3.63, 3.8) is 0 Å². The van der Waals surface area contributed by atoms with E-state index in [1.165, 1.54) is 54.5 Å². The van der Waals surface area contributed by atoms with Gasteiger partial charge in [-0.3, -0.25) is 4.79 Å². The fourth-order valence-electron chi connectivity index (χ4n) is 2.97. The van der Waals surface area contributed by atoms with Gasteiger partial charge in [0.25, 0.3) is 0 Å². The molecule has 0 radical (unpaired) electrons. The summed E-state index contributed by atoms with van der Waals surface area (Å²) in [6, 6.07) is 6.31. The van der Waals surface area contributed by atoms with Crippen molar-refractivity contribution in [2.45, 2.75) is 43.0 Å². The average molecular weight is 398 g/mol. The fourth-order valence-corrected chi connectivity index (χ4v) is 5.14. The fraction of sp³-hybridized carbons (Fsp3) is 0.471. The van der Waals surface area contributed by atoms with Crippen LogP contribution in [0.25, 0.3) is 5.69 Å². The number of aromatic nitrogens is 2. The molecule has 3 rings (SSSR count). The topological polar surface area (TPSA) is 46.9 Å². The van der Waals surface area contributed by atoms with Gasteiger partial charge in [0.15, 0.2) is 8.29 Å². The second-order valence-electron chi connectivity index (χ2n) is 6.25. The highest BCUT2D eigenvalue weighted by atomic mass is 32.2. The molecule has 1 fully saturated rings. The monoisotopic (exact) mass is 397 g/mol. The van der Waals surface area contributed by atoms with E-state index in [0.29, 0.717) is 15.6 Å². The Hall–Kier alpha value is -1.25. The SMILES string of the molecule is CC1CCCCC1NC(=O)CSc1nn(-c2ccc(F)cc2)c(=S)s1. The number of hydrogen-bond donors (Lipinski definition) is 1. The Bertz CT molecular complexity index is 787. The molecule has 2 unspecified atom stereocenters. The van der Waals surface area contributed by atoms with E-state index in [1.54, 1.807) is 16.8 Å². The Labute approximate surface area is 159 Å². The van der Waals surface area contributed by atoms with Gasteiger partial charge in [0, 0.05) is 6.04 Å². The van der Waals surface area contributed by atoms with Crippen LogP contribution in [0.4, 0.5) is 4.39 Å². The molecule has 8 heteroatoms. The molecular weight excluding hydrogens is 377 g/mol. The van der Waals surface area contributed by atoms with Crippen molar-refractivity contribution < 1.29 is 9.18 Å². The third-order valence-corrected chi connectivity index (χ3v) is 6.75. The number of carbonyl (C=O) groups is 1. The summed E-state index contributed by atoms with van der Waals surface area (Å²) >= 11 is 8.07. The molecule has 2 aromatic rings. The predicted molar refractivity (Wildman–Crippen MR) is 103 cm³/mol. The van der Waals surface area contributed by atoms with Crippen LogP contribution in [0, 0.1) is 15.7 Å². The zero-order valence-electron chi connectivity index (χ0n) is 13.9. The number of amides is 1. The predicted octanol–water partition coefficient (Wildman–Crippen LogP) is 4.59. The second-order valence-corrected chi connectivity index (χ2v) is 9.09. The van der Waals surface area contributed by atoms with Crippen molar-refractivity contribution in [2.75, 3.05) is 5.75 Å². The zero-order chi connectivity index (χ0) is 17.8. The lowest BCUT2D eigenvalue weighted by molar-refractivity contribution is -0.119. The average Bonchev–Trinajstić information content (AvgIpc) is 2.97. The van der Waals surface area contributed by atoms with Crippen molar-refractivity contribution in [2.24, 2.45) is 5.92 Å². The summed E-state index contributed by atoms with van der Waals surface area (Å²) in [4.78, 5) is 12.2. The van der Waals surface area contributed by atoms with Crippen LogP contribution in [0.15, 0.2) is 28.6 Å². The normalized spacial score (nSPS) is 20.4. The molecule has 1 amide bonds. The first kappa shape index (κ1) is 18.5. The van der Waals surface area contributed by atoms with Crippen molar-refractivity contribution in [1.82, 2.24) is 15.1 Å². The molecule has 4 nitrogen and oxygen atoms in total. The van der Waals surface area contributed by atoms with E-state index in [9.17, 15) is 9.18 Å². The van der Waals surface area contributed by atoms with Gasteiger partial charge in [0.1, 0.15) is 5.82 Å². The maximum Gasteiger partial charge on any atom is 0.230 e. The molecule has 0 bridgehead atoms. The molecule has 1 aromatic carbocycles. The first-order chi connectivity index (χ1) is 12.0. The van der Waals surface area contributed by atoms with Crippen molar-refractivity contribution in [3.8, 4) is 5.69 Å². The van der Waals surface area contributed by atoms with Gasteiger partial charge in [-0.15, -0.1) is 5.10 Å². The second kappa shape index (κ2) is 8.42. The third-order valence-electron chi connectivity index (χ3n) is 4.39. The Kier molecular flexibility index (Phi) is 6.24. The van der Waals surface area contributed by atoms with Crippen molar-refractivity contribution in [3.05, 3.63) is 34.0 Å². The lowest BCUT2D eigenvalue weighted by Gasteiger charge is -2.29. The Morgan fingerprint density at radius 1 is 1.40 bits per heavy atom. The molecule has 1 aliphatic rings. The van der Waals surface area contributed by atoms with Crippen LogP contribution in [0.2, 0.25) is 0 Å². The van der Waals surface area contributed by atoms with Gasteiger partial charge in [-0.05, 0) is 55.2 Å². The molecule has 1 saturated carbocycles. The van der Waals surface area contributed by atoms with Gasteiger partial charge in [0.2, 0.25) is 5.91 Å². The Balaban J connectivity index is 1.58. The zero-order valence-corrected chi connectivity index (χ0v) is 16.4. The highest BCUT2D eigenvalue weighted by Crippen LogP contribution is 2.26. The minimum atomic E-state index is -0.297. The molecular formula is C17H20FN3OS3. The quantitative estimate of drug-likeness (QED) is 0.592. The van der Waals surface area contributed by atoms with E-state index in [1.807, 2.05) is 0 Å². The third kappa shape index (κ3) is 4.89. The summed E-state index contributed by atoms with van der Waals surface area (Å²) in [5.74, 6) is 0.615. The molecule has 1 N–H and O–H groups in total. The summed E-state index contributed by atoms with van der Waals surface area (Å²) < 4.78 is 16.0. The minimum absolute atomic E-state index is 0.0400. The molecule has 0 spiro atoms. The Morgan fingerprint density at radius 3 is 2.84 bits per heavy atom. The van der Waals surface area contributed by atoms with E-state index in [0.717, 1.165) is 16.4 Å². The van der Waals surface area contributed by atoms with E-state index < -0.39 is 0 Å². The number of carbonyl (C=O) groups excluding carboxylic acids is 1. The van der Waals surface area contributed by atoms with Crippen LogP contribution >= 0.6 is 35.3 Å². The number of rotatable bonds is 5. The number of halogens is 1. The standard InChI is InChI=1S/C17H20FN3OS3/c1-11-4-2-3-5-14(11)19-15(22)10-24-16-20-21(17(23)25-16)13-8-6-12(18)7-9-13/h6-9,11,14H,2-5,10H2,1H3,(H,19,22). The van der Waals surface area contributed by atoms with E-state index >= 15 is 0 Å². The van der Waals surface area contributed by atoms with Crippen LogP contribution in [-0.2, 0) is 4.79 Å². The van der Waals surface area contributed by atoms with E-state index in [4.69, 9.17) is 12.2 Å². The molecule has 25 heavy (non-hydrogen) atoms. The first-order valence-electron chi connectivity index (χ1n) is 8.31. The molecule has 1 aliphatic carbocycles. The van der Waals surface area contributed by atoms with E-state index in [2.05, 4.69) is 17.3 Å². The smallest absolute Gasteiger partial charge is 0.230 e. The number of nitrogens with zero attached hydrogens (tertiary/aromatic N) is 2. The van der Waals surface area contributed by atoms with Crippen LogP contribution < -0.4 is 5.32 Å². The van der Waals surface area contributed by atoms with Gasteiger partial charge in [-0.25, -0.2) is 9.07 Å². The maximum atomic E-state index is 13.0. The molecule has 0 saturated heterocycles. The van der Waals surface area contributed by atoms with Gasteiger partial charge in [-0.2, -0.15) is 0 Å². The van der Waals surface area contributed by atoms with Crippen LogP contribution in [0.3, 0.4) is 0 Å². The summed E-state index contributed by atoms with van der Waals surface area (Å²) in [6.07, 6.45) is 4.69. The van der Waals surface area contributed by atoms with E-state index in [-0.39, 0.29) is 17.8 Å². The van der Waals surface area contributed by atoms with Gasteiger partial charge in [0.05, 0.1) is 11.4 Å². The molecule has 1 heterocycles. The maximum absolute atomic E-state index is 13.0. The van der Waals surface area contributed by atoms with Crippen molar-refractivity contribution >= 4 is 41.2 Å². The summed E-state index contributed by atoms with van der Waals surface area (Å²) in [6.45, 7) is 2.20. The van der Waals surface area contributed by atoms with Gasteiger partial charge in [-0.1, -0.05) is 42.9 Å². The summed E-state index contributed by atoms with van der Waals surface area (Å²) in [7, 11) is 0. The Morgan fingerprint density at radius 2 is 2.12 bits per heavy atom. The highest BCUT2D eigenvalue weighted by Gasteiger charge is 2.22. The summed E-state index contributed by atoms with van der Waals surface area (Å²) in [5.41, 5.74) is 0.718. The number of hydrogen-bond acceptors (Lipinski definition) is 5. The van der Waals surface area contributed by atoms with Gasteiger partial charge < -0.3 is 5.32 Å². The molecule has 0 aliphatic heterocycles. The summed E-state index contributed by atoms with van der Waals surface area (Å²) in [5, 5.41) is 7.58. The molecule has 134 valence electrons. The first-order valence-corrected chi connectivity index (χ1v) is 10.5.